The van der Waals surface area contributed by atoms with Gasteiger partial charge in [-0.15, -0.1) is 0 Å². The van der Waals surface area contributed by atoms with Gasteiger partial charge in [-0.25, -0.2) is 8.42 Å². The monoisotopic (exact) mass is 319 g/mol. The zero-order chi connectivity index (χ0) is 15.3. The molecule has 1 heterocycles. The number of likely N-dealkylation sites (N-methyl/N-ethyl adjacent to an activating group) is 1. The second kappa shape index (κ2) is 7.01. The number of nitrogens with zero attached hydrogens (tertiary/aromatic N) is 2. The van der Waals surface area contributed by atoms with E-state index in [9.17, 15) is 13.2 Å². The minimum absolute atomic E-state index is 0.0501. The van der Waals surface area contributed by atoms with Gasteiger partial charge in [0.05, 0.1) is 11.6 Å². The number of halogens is 1. The van der Waals surface area contributed by atoms with Crippen LogP contribution in [-0.2, 0) is 14.8 Å². The molecular weight excluding hydrogens is 302 g/mol. The maximum absolute atomic E-state index is 12.4. The fourth-order valence-corrected chi connectivity index (χ4v) is 3.40. The van der Waals surface area contributed by atoms with Gasteiger partial charge in [0.15, 0.2) is 0 Å². The summed E-state index contributed by atoms with van der Waals surface area (Å²) in [6.45, 7) is 5.19. The van der Waals surface area contributed by atoms with E-state index in [1.165, 1.54) is 18.5 Å². The largest absolute Gasteiger partial charge is 0.353 e. The zero-order valence-electron chi connectivity index (χ0n) is 11.6. The molecule has 1 amide bonds. The zero-order valence-corrected chi connectivity index (χ0v) is 13.2. The smallest absolute Gasteiger partial charge is 0.246 e. The summed E-state index contributed by atoms with van der Waals surface area (Å²) in [5.41, 5.74) is 0. The van der Waals surface area contributed by atoms with Crippen molar-refractivity contribution in [3.63, 3.8) is 0 Å². The molecule has 112 valence electrons. The molecule has 1 aromatic heterocycles. The van der Waals surface area contributed by atoms with Crippen molar-refractivity contribution in [1.82, 2.24) is 14.6 Å². The lowest BCUT2D eigenvalue weighted by Crippen LogP contribution is -2.42. The van der Waals surface area contributed by atoms with E-state index in [-0.39, 0.29) is 35.0 Å². The van der Waals surface area contributed by atoms with Crippen LogP contribution < -0.4 is 5.32 Å². The first-order chi connectivity index (χ1) is 9.28. The standard InChI is InChI=1S/C12H18ClN3O3S/c1-4-16(8-12(17)15-9(2)3)20(18,19)11-7-14-6-5-10(11)13/h5-7,9H,4,8H2,1-3H3,(H,15,17). The number of nitrogens with one attached hydrogen (secondary N) is 1. The van der Waals surface area contributed by atoms with Gasteiger partial charge in [-0.1, -0.05) is 18.5 Å². The molecule has 0 aliphatic heterocycles. The summed E-state index contributed by atoms with van der Waals surface area (Å²) in [5, 5.41) is 2.74. The number of aromatic nitrogens is 1. The van der Waals surface area contributed by atoms with Crippen molar-refractivity contribution in [3.8, 4) is 0 Å². The highest BCUT2D eigenvalue weighted by Gasteiger charge is 2.27. The molecule has 6 nitrogen and oxygen atoms in total. The molecule has 0 bridgehead atoms. The third-order valence-electron chi connectivity index (χ3n) is 2.47. The summed E-state index contributed by atoms with van der Waals surface area (Å²) in [7, 11) is -3.83. The lowest BCUT2D eigenvalue weighted by Gasteiger charge is -2.21. The van der Waals surface area contributed by atoms with Gasteiger partial charge in [0, 0.05) is 25.0 Å². The van der Waals surface area contributed by atoms with E-state index in [0.29, 0.717) is 0 Å². The Bertz CT molecular complexity index is 575. The molecular formula is C12H18ClN3O3S. The summed E-state index contributed by atoms with van der Waals surface area (Å²) in [6, 6.07) is 1.35. The maximum atomic E-state index is 12.4. The highest BCUT2D eigenvalue weighted by Crippen LogP contribution is 2.22. The fraction of sp³-hybridized carbons (Fsp3) is 0.500. The molecule has 0 unspecified atom stereocenters. The van der Waals surface area contributed by atoms with Crippen molar-refractivity contribution in [2.24, 2.45) is 0 Å². The summed E-state index contributed by atoms with van der Waals surface area (Å²) in [6.07, 6.45) is 2.59. The lowest BCUT2D eigenvalue weighted by molar-refractivity contribution is -0.121. The molecule has 0 radical (unpaired) electrons. The second-order valence-corrected chi connectivity index (χ2v) is 6.77. The Morgan fingerprint density at radius 2 is 2.15 bits per heavy atom. The van der Waals surface area contributed by atoms with Gasteiger partial charge in [0.25, 0.3) is 0 Å². The summed E-state index contributed by atoms with van der Waals surface area (Å²) in [5.74, 6) is -0.356. The third kappa shape index (κ3) is 4.16. The number of carbonyl (C=O) groups is 1. The molecule has 1 rings (SSSR count). The number of rotatable bonds is 6. The molecule has 20 heavy (non-hydrogen) atoms. The summed E-state index contributed by atoms with van der Waals surface area (Å²) >= 11 is 5.88. The van der Waals surface area contributed by atoms with Gasteiger partial charge in [-0.05, 0) is 19.9 Å². The Balaban J connectivity index is 3.00. The number of carbonyl (C=O) groups excluding carboxylic acids is 1. The molecule has 1 N–H and O–H groups in total. The minimum atomic E-state index is -3.83. The van der Waals surface area contributed by atoms with Gasteiger partial charge in [-0.3, -0.25) is 9.78 Å². The molecule has 1 aromatic rings. The Morgan fingerprint density at radius 1 is 1.50 bits per heavy atom. The Hall–Kier alpha value is -1.18. The first-order valence-corrected chi connectivity index (χ1v) is 7.99. The predicted octanol–water partition coefficient (Wildman–Crippen LogP) is 1.27. The van der Waals surface area contributed by atoms with Crippen LogP contribution in [0, 0.1) is 0 Å². The van der Waals surface area contributed by atoms with E-state index in [1.807, 2.05) is 0 Å². The number of hydrogen-bond acceptors (Lipinski definition) is 4. The van der Waals surface area contributed by atoms with Gasteiger partial charge in [0.2, 0.25) is 15.9 Å². The Labute approximate surface area is 124 Å². The highest BCUT2D eigenvalue weighted by atomic mass is 35.5. The molecule has 0 aliphatic rings. The van der Waals surface area contributed by atoms with Crippen LogP contribution in [0.15, 0.2) is 23.4 Å². The first-order valence-electron chi connectivity index (χ1n) is 6.18. The van der Waals surface area contributed by atoms with Crippen molar-refractivity contribution in [2.45, 2.75) is 31.7 Å². The second-order valence-electron chi connectivity index (χ2n) is 4.46. The minimum Gasteiger partial charge on any atom is -0.353 e. The highest BCUT2D eigenvalue weighted by molar-refractivity contribution is 7.89. The average molecular weight is 320 g/mol. The van der Waals surface area contributed by atoms with Crippen molar-refractivity contribution >= 4 is 27.5 Å². The molecule has 0 fully saturated rings. The SMILES string of the molecule is CCN(CC(=O)NC(C)C)S(=O)(=O)c1cnccc1Cl. The topological polar surface area (TPSA) is 79.4 Å². The predicted molar refractivity (Wildman–Crippen MR) is 77.0 cm³/mol. The quantitative estimate of drug-likeness (QED) is 0.856. The van der Waals surface area contributed by atoms with Crippen LogP contribution in [0.2, 0.25) is 5.02 Å². The Morgan fingerprint density at radius 3 is 2.65 bits per heavy atom. The van der Waals surface area contributed by atoms with Crippen LogP contribution in [-0.4, -0.2) is 42.7 Å². The molecule has 0 atom stereocenters. The molecule has 0 aromatic carbocycles. The number of amides is 1. The van der Waals surface area contributed by atoms with Crippen LogP contribution in [0.4, 0.5) is 0 Å². The molecule has 0 spiro atoms. The molecule has 0 saturated heterocycles. The average Bonchev–Trinajstić information content (AvgIpc) is 2.35. The first kappa shape index (κ1) is 16.9. The van der Waals surface area contributed by atoms with Gasteiger partial charge < -0.3 is 5.32 Å². The van der Waals surface area contributed by atoms with Crippen molar-refractivity contribution < 1.29 is 13.2 Å². The number of pyridine rings is 1. The summed E-state index contributed by atoms with van der Waals surface area (Å²) in [4.78, 5) is 15.4. The van der Waals surface area contributed by atoms with Gasteiger partial charge >= 0.3 is 0 Å². The maximum Gasteiger partial charge on any atom is 0.246 e. The van der Waals surface area contributed by atoms with E-state index in [4.69, 9.17) is 11.6 Å². The molecule has 0 saturated carbocycles. The van der Waals surface area contributed by atoms with Crippen LogP contribution in [0.25, 0.3) is 0 Å². The van der Waals surface area contributed by atoms with Crippen LogP contribution in [0.3, 0.4) is 0 Å². The van der Waals surface area contributed by atoms with Crippen LogP contribution in [0.5, 0.6) is 0 Å². The van der Waals surface area contributed by atoms with E-state index < -0.39 is 10.0 Å². The van der Waals surface area contributed by atoms with E-state index >= 15 is 0 Å². The van der Waals surface area contributed by atoms with Crippen LogP contribution >= 0.6 is 11.6 Å². The van der Waals surface area contributed by atoms with Gasteiger partial charge in [0.1, 0.15) is 4.90 Å². The van der Waals surface area contributed by atoms with Crippen LogP contribution in [0.1, 0.15) is 20.8 Å². The van der Waals surface area contributed by atoms with E-state index in [0.717, 1.165) is 4.31 Å². The molecule has 0 aliphatic carbocycles. The van der Waals surface area contributed by atoms with Crippen molar-refractivity contribution in [1.29, 1.82) is 0 Å². The summed E-state index contributed by atoms with van der Waals surface area (Å²) < 4.78 is 25.9. The fourth-order valence-electron chi connectivity index (χ4n) is 1.59. The van der Waals surface area contributed by atoms with Gasteiger partial charge in [-0.2, -0.15) is 4.31 Å². The lowest BCUT2D eigenvalue weighted by atomic mass is 10.4. The van der Waals surface area contributed by atoms with Crippen molar-refractivity contribution in [3.05, 3.63) is 23.5 Å². The van der Waals surface area contributed by atoms with E-state index in [1.54, 1.807) is 20.8 Å². The number of sulfonamides is 1. The van der Waals surface area contributed by atoms with Crippen molar-refractivity contribution in [2.75, 3.05) is 13.1 Å². The number of hydrogen-bond donors (Lipinski definition) is 1. The Kier molecular flexibility index (Phi) is 5.91. The third-order valence-corrected chi connectivity index (χ3v) is 4.86. The normalized spacial score (nSPS) is 11.9. The molecule has 8 heteroatoms. The van der Waals surface area contributed by atoms with E-state index in [2.05, 4.69) is 10.3 Å².